The van der Waals surface area contributed by atoms with Crippen LogP contribution in [-0.2, 0) is 232 Å². The summed E-state index contributed by atoms with van der Waals surface area (Å²) >= 11 is 9.54. The number of rotatable bonds is 8. The van der Waals surface area contributed by atoms with Crippen molar-refractivity contribution in [1.29, 1.82) is 0 Å². The Balaban J connectivity index is 0.000000830. The van der Waals surface area contributed by atoms with E-state index in [4.69, 9.17) is 37.0 Å². The summed E-state index contributed by atoms with van der Waals surface area (Å²) in [7, 11) is 39.7. The van der Waals surface area contributed by atoms with Gasteiger partial charge in [0.15, 0.2) is 6.79 Å². The van der Waals surface area contributed by atoms with Gasteiger partial charge in [-0.1, -0.05) is 31.8 Å². The first-order chi connectivity index (χ1) is 26.1. The maximum absolute atomic E-state index is 11.3. The lowest BCUT2D eigenvalue weighted by Gasteiger charge is -2.15. The van der Waals surface area contributed by atoms with Gasteiger partial charge in [-0.3, -0.25) is 0 Å². The molecular formula is C22H30O7S24Si. The molecule has 0 fully saturated rings. The molecule has 308 valence electrons. The van der Waals surface area contributed by atoms with E-state index in [-0.39, 0.29) is 18.5 Å². The predicted molar refractivity (Wildman–Crippen MR) is 294 cm³/mol. The van der Waals surface area contributed by atoms with Crippen molar-refractivity contribution in [2.45, 2.75) is 25.7 Å². The number of methoxy groups -OCH3 is 2. The van der Waals surface area contributed by atoms with Crippen LogP contribution in [0.15, 0.2) is 48.5 Å². The average molecular weight is 1200 g/mol. The highest BCUT2D eigenvalue weighted by Gasteiger charge is 2.12. The van der Waals surface area contributed by atoms with E-state index < -0.39 is 14.0 Å². The van der Waals surface area contributed by atoms with Gasteiger partial charge in [0, 0.05) is 232 Å². The molecule has 1 N–H and O–H groups in total. The van der Waals surface area contributed by atoms with Gasteiger partial charge >= 0.3 is 11.9 Å². The minimum Gasteiger partial charge on any atom is -0.508 e. The summed E-state index contributed by atoms with van der Waals surface area (Å²) in [6, 6.07) is 14.0. The van der Waals surface area contributed by atoms with E-state index >= 15 is 0 Å². The maximum atomic E-state index is 11.3. The number of carbonyl (C=O) groups excluding carboxylic acids is 2. The number of hydrogen-bond acceptors (Lipinski definition) is 9. The molecule has 54 heavy (non-hydrogen) atoms. The second-order valence-corrected chi connectivity index (χ2v) is 53.6. The molecule has 0 radical (unpaired) electrons. The third-order valence-corrected chi connectivity index (χ3v) is 52.8. The van der Waals surface area contributed by atoms with Crippen LogP contribution in [0.25, 0.3) is 0 Å². The minimum absolute atomic E-state index is 0.0629. The Hall–Kier alpha value is 2.44. The van der Waals surface area contributed by atoms with Crippen LogP contribution in [0.1, 0.15) is 20.7 Å². The molecule has 2 aromatic carbocycles. The highest BCUT2D eigenvalue weighted by Crippen LogP contribution is 2.14. The lowest BCUT2D eigenvalue weighted by atomic mass is 10.2. The standard InChI is InChI=1S/C14H22O4Si.C8H8O3.S24/c1-16-14(15)12-6-5-7-13(10-12)18-11-17-8-9-19(2,3)4;1-11-8(10)6-3-2-4-7(9)5-6;1-3-5-7-9-11-13-15-17-19-21-23-24-22-20-18-16-14-12-10-8-6-4-2/h5-7,10H,8-9,11H2,1-4H3;2-5,9H,1H3;. The summed E-state index contributed by atoms with van der Waals surface area (Å²) in [6.07, 6.45) is 0. The van der Waals surface area contributed by atoms with Gasteiger partial charge in [-0.2, -0.15) is 0 Å². The van der Waals surface area contributed by atoms with E-state index in [1.54, 1.807) is 178 Å². The molecule has 0 spiro atoms. The van der Waals surface area contributed by atoms with Crippen LogP contribution in [0.5, 0.6) is 11.5 Å². The first kappa shape index (κ1) is 56.4. The lowest BCUT2D eigenvalue weighted by Crippen LogP contribution is -2.22. The van der Waals surface area contributed by atoms with Crippen LogP contribution in [0, 0.1) is 0 Å². The van der Waals surface area contributed by atoms with Crippen LogP contribution in [0.4, 0.5) is 0 Å². The number of hydrogen-bond donors (Lipinski definition) is 1. The van der Waals surface area contributed by atoms with Crippen LogP contribution in [-0.4, -0.2) is 52.7 Å². The average Bonchev–Trinajstić information content (AvgIpc) is 3.16. The van der Waals surface area contributed by atoms with Gasteiger partial charge in [-0.25, -0.2) is 9.59 Å². The van der Waals surface area contributed by atoms with E-state index in [9.17, 15) is 9.59 Å². The summed E-state index contributed by atoms with van der Waals surface area (Å²) < 4.78 is 20.0. The van der Waals surface area contributed by atoms with Crippen LogP contribution >= 0.6 is 0 Å². The molecule has 2 aromatic rings. The first-order valence-corrected chi connectivity index (χ1v) is 47.6. The van der Waals surface area contributed by atoms with Crippen molar-refractivity contribution in [2.75, 3.05) is 27.6 Å². The molecule has 32 heteroatoms. The van der Waals surface area contributed by atoms with E-state index in [0.717, 1.165) is 6.04 Å². The number of aromatic hydroxyl groups is 1. The Morgan fingerprint density at radius 2 is 0.963 bits per heavy atom. The van der Waals surface area contributed by atoms with Crippen molar-refractivity contribution in [1.82, 2.24) is 0 Å². The molecule has 0 aliphatic carbocycles. The van der Waals surface area contributed by atoms with E-state index in [1.807, 2.05) is 35.5 Å². The Labute approximate surface area is 389 Å². The largest absolute Gasteiger partial charge is 0.508 e. The topological polar surface area (TPSA) is 91.3 Å². The zero-order valence-electron chi connectivity index (χ0n) is 27.9. The fraction of sp³-hybridized carbons (Fsp3) is 0.364. The molecule has 0 bridgehead atoms. The SMILES string of the molecule is COC(=O)c1cccc(O)c1.COC(=O)c1cccc(OCOCC[Si](C)(C)C)c1.S=S=S=S=S=S=S=S=S=S=S=S=S=S=S=S=S=S=S=S=S=S=S=S. The fourth-order valence-corrected chi connectivity index (χ4v) is 58.0. The van der Waals surface area contributed by atoms with Crippen molar-refractivity contribution in [3.8, 4) is 11.5 Å². The second-order valence-electron chi connectivity index (χ2n) is 9.04. The minimum atomic E-state index is -1.06. The van der Waals surface area contributed by atoms with Gasteiger partial charge < -0.3 is 24.1 Å². The third kappa shape index (κ3) is 37.4. The molecule has 2 rings (SSSR count). The second kappa shape index (κ2) is 40.8. The summed E-state index contributed by atoms with van der Waals surface area (Å²) in [4.78, 5) is 22.2. The molecule has 0 amide bonds. The summed E-state index contributed by atoms with van der Waals surface area (Å²) in [5.41, 5.74) is 0.828. The Morgan fingerprint density at radius 3 is 1.31 bits per heavy atom. The quantitative estimate of drug-likeness (QED) is 0.180. The number of esters is 2. The molecule has 0 saturated carbocycles. The van der Waals surface area contributed by atoms with Crippen LogP contribution < -0.4 is 4.74 Å². The van der Waals surface area contributed by atoms with Gasteiger partial charge in [-0.15, -0.1) is 0 Å². The fourth-order valence-electron chi connectivity index (χ4n) is 2.36. The van der Waals surface area contributed by atoms with Gasteiger partial charge in [0.25, 0.3) is 0 Å². The van der Waals surface area contributed by atoms with Crippen molar-refractivity contribution in [2.24, 2.45) is 0 Å². The third-order valence-electron chi connectivity index (χ3n) is 4.41. The molecule has 0 aliphatic heterocycles. The predicted octanol–water partition coefficient (Wildman–Crippen LogP) is 4.29. The number of benzene rings is 2. The van der Waals surface area contributed by atoms with Gasteiger partial charge in [0.2, 0.25) is 0 Å². The van der Waals surface area contributed by atoms with Crippen molar-refractivity contribution in [3.05, 3.63) is 59.7 Å². The number of phenols is 1. The van der Waals surface area contributed by atoms with E-state index in [1.165, 1.54) is 44.1 Å². The first-order valence-electron chi connectivity index (χ1n) is 13.3. The van der Waals surface area contributed by atoms with E-state index in [2.05, 4.69) is 29.1 Å². The van der Waals surface area contributed by atoms with Crippen molar-refractivity contribution < 1.29 is 33.6 Å². The Kier molecular flexibility index (Phi) is 42.7. The molecule has 0 aromatic heterocycles. The Morgan fingerprint density at radius 1 is 0.593 bits per heavy atom. The summed E-state index contributed by atoms with van der Waals surface area (Å²) in [5.74, 6) is -0.144. The monoisotopic (exact) mass is 1200 g/mol. The molecule has 0 aliphatic rings. The summed E-state index contributed by atoms with van der Waals surface area (Å²) in [5, 5.41) is 8.95. The van der Waals surface area contributed by atoms with E-state index in [0.29, 0.717) is 23.5 Å². The number of carbonyl (C=O) groups is 2. The molecule has 0 atom stereocenters. The molecular weight excluding hydrogens is 1170 g/mol. The number of phenolic OH excluding ortho intramolecular Hbond substituents is 1. The lowest BCUT2D eigenvalue weighted by molar-refractivity contribution is 0.0219. The maximum Gasteiger partial charge on any atom is 0.337 e. The normalized spacial score (nSPS) is 9.13. The van der Waals surface area contributed by atoms with Crippen molar-refractivity contribution >= 4 is 238 Å². The van der Waals surface area contributed by atoms with Crippen molar-refractivity contribution in [3.63, 3.8) is 0 Å². The number of ether oxygens (including phenoxy) is 4. The van der Waals surface area contributed by atoms with Crippen LogP contribution in [0.2, 0.25) is 25.7 Å². The molecule has 7 nitrogen and oxygen atoms in total. The van der Waals surface area contributed by atoms with Crippen LogP contribution in [0.3, 0.4) is 0 Å². The smallest absolute Gasteiger partial charge is 0.337 e. The van der Waals surface area contributed by atoms with Gasteiger partial charge in [-0.05, 0) is 42.4 Å². The molecule has 0 unspecified atom stereocenters. The highest BCUT2D eigenvalue weighted by molar-refractivity contribution is 8.79. The highest BCUT2D eigenvalue weighted by atomic mass is 33.5. The molecule has 0 saturated heterocycles. The molecule has 0 heterocycles. The zero-order valence-corrected chi connectivity index (χ0v) is 48.5. The zero-order chi connectivity index (χ0) is 40.1. The Bertz CT molecular complexity index is 2440. The van der Waals surface area contributed by atoms with Gasteiger partial charge in [0.1, 0.15) is 11.5 Å². The summed E-state index contributed by atoms with van der Waals surface area (Å²) in [6.45, 7) is 7.83. The van der Waals surface area contributed by atoms with Gasteiger partial charge in [0.05, 0.1) is 25.3 Å².